The zero-order valence-corrected chi connectivity index (χ0v) is 19.5. The number of nitrogens with zero attached hydrogens (tertiary/aromatic N) is 4. The predicted octanol–water partition coefficient (Wildman–Crippen LogP) is 4.27. The number of amides is 1. The van der Waals surface area contributed by atoms with Crippen LogP contribution in [0.25, 0.3) is 0 Å². The van der Waals surface area contributed by atoms with E-state index in [4.69, 9.17) is 0 Å². The highest BCUT2D eigenvalue weighted by atomic mass is 32.2. The molecule has 0 aliphatic heterocycles. The topological polar surface area (TPSA) is 63.1 Å². The minimum atomic E-state index is -0.210. The summed E-state index contributed by atoms with van der Waals surface area (Å²) in [5, 5.41) is 12.9. The Morgan fingerprint density at radius 1 is 1.20 bits per heavy atom. The maximum Gasteiger partial charge on any atom is 0.233 e. The first kappa shape index (κ1) is 22.8. The smallest absolute Gasteiger partial charge is 0.233 e. The van der Waals surface area contributed by atoms with Gasteiger partial charge in [0.2, 0.25) is 5.91 Å². The van der Waals surface area contributed by atoms with Crippen molar-refractivity contribution in [2.45, 2.75) is 81.4 Å². The summed E-state index contributed by atoms with van der Waals surface area (Å²) >= 11 is 1.51. The van der Waals surface area contributed by atoms with Crippen LogP contribution in [-0.2, 0) is 11.3 Å². The molecule has 7 heteroatoms. The molecular formula is C23H35N5OS. The van der Waals surface area contributed by atoms with Gasteiger partial charge in [0.1, 0.15) is 0 Å². The predicted molar refractivity (Wildman–Crippen MR) is 123 cm³/mol. The largest absolute Gasteiger partial charge is 0.352 e. The summed E-state index contributed by atoms with van der Waals surface area (Å²) in [4.78, 5) is 15.0. The van der Waals surface area contributed by atoms with Crippen LogP contribution in [-0.4, -0.2) is 51.0 Å². The highest BCUT2D eigenvalue weighted by Crippen LogP contribution is 2.29. The van der Waals surface area contributed by atoms with Crippen LogP contribution >= 0.6 is 11.8 Å². The monoisotopic (exact) mass is 429 g/mol. The van der Waals surface area contributed by atoms with E-state index in [-0.39, 0.29) is 17.2 Å². The lowest BCUT2D eigenvalue weighted by molar-refractivity contribution is -0.121. The van der Waals surface area contributed by atoms with Crippen molar-refractivity contribution in [3.63, 3.8) is 0 Å². The number of aromatic nitrogens is 3. The molecule has 0 radical (unpaired) electrons. The van der Waals surface area contributed by atoms with Gasteiger partial charge in [0.25, 0.3) is 0 Å². The summed E-state index contributed by atoms with van der Waals surface area (Å²) in [5.74, 6) is 1.05. The van der Waals surface area contributed by atoms with Gasteiger partial charge in [-0.15, -0.1) is 10.2 Å². The van der Waals surface area contributed by atoms with Crippen LogP contribution in [0.2, 0.25) is 0 Å². The number of thioether (sulfide) groups is 1. The highest BCUT2D eigenvalue weighted by molar-refractivity contribution is 8.00. The Kier molecular flexibility index (Phi) is 8.33. The Hall–Kier alpha value is -1.86. The van der Waals surface area contributed by atoms with Gasteiger partial charge < -0.3 is 9.88 Å². The standard InChI is InChI=1S/C23H35N5OS/c1-5-20(27(3)4)21-25-26-23(28(21)16-18-12-8-6-9-13-18)30-17(2)22(29)24-19-14-10-7-11-15-19/h6,8-9,12-13,17,19-20H,5,7,10-11,14-16H2,1-4H3,(H,24,29)/t17-,20+/m1/s1. The first-order valence-electron chi connectivity index (χ1n) is 11.1. The second-order valence-electron chi connectivity index (χ2n) is 8.40. The molecule has 164 valence electrons. The zero-order valence-electron chi connectivity index (χ0n) is 18.7. The lowest BCUT2D eigenvalue weighted by Crippen LogP contribution is -2.40. The third-order valence-electron chi connectivity index (χ3n) is 5.84. The Morgan fingerprint density at radius 2 is 1.90 bits per heavy atom. The molecule has 1 heterocycles. The average Bonchev–Trinajstić information content (AvgIpc) is 3.11. The van der Waals surface area contributed by atoms with Crippen molar-refractivity contribution in [2.75, 3.05) is 14.1 Å². The molecule has 2 aromatic rings. The maximum atomic E-state index is 12.8. The molecule has 1 fully saturated rings. The van der Waals surface area contributed by atoms with Crippen LogP contribution in [0.1, 0.15) is 69.8 Å². The Morgan fingerprint density at radius 3 is 2.53 bits per heavy atom. The molecule has 0 bridgehead atoms. The minimum absolute atomic E-state index is 0.0994. The molecule has 0 spiro atoms. The Balaban J connectivity index is 1.78. The summed E-state index contributed by atoms with van der Waals surface area (Å²) in [6.07, 6.45) is 6.85. The van der Waals surface area contributed by atoms with Crippen molar-refractivity contribution in [1.29, 1.82) is 0 Å². The number of carbonyl (C=O) groups is 1. The lowest BCUT2D eigenvalue weighted by atomic mass is 9.95. The molecule has 1 amide bonds. The van der Waals surface area contributed by atoms with Gasteiger partial charge in [-0.25, -0.2) is 0 Å². The van der Waals surface area contributed by atoms with Crippen LogP contribution in [0.15, 0.2) is 35.5 Å². The van der Waals surface area contributed by atoms with Gasteiger partial charge >= 0.3 is 0 Å². The fraction of sp³-hybridized carbons (Fsp3) is 0.609. The molecule has 0 saturated heterocycles. The molecule has 0 unspecified atom stereocenters. The van der Waals surface area contributed by atoms with Crippen LogP contribution in [0.3, 0.4) is 0 Å². The molecule has 6 nitrogen and oxygen atoms in total. The van der Waals surface area contributed by atoms with E-state index in [0.717, 1.165) is 30.2 Å². The van der Waals surface area contributed by atoms with Gasteiger partial charge in [0, 0.05) is 6.04 Å². The summed E-state index contributed by atoms with van der Waals surface area (Å²) in [5.41, 5.74) is 1.20. The van der Waals surface area contributed by atoms with Crippen LogP contribution in [0.5, 0.6) is 0 Å². The molecule has 1 aromatic carbocycles. The number of hydrogen-bond acceptors (Lipinski definition) is 5. The van der Waals surface area contributed by atoms with Crippen molar-refractivity contribution in [3.8, 4) is 0 Å². The van der Waals surface area contributed by atoms with E-state index in [1.807, 2.05) is 13.0 Å². The maximum absolute atomic E-state index is 12.8. The summed E-state index contributed by atoms with van der Waals surface area (Å²) in [7, 11) is 4.14. The van der Waals surface area contributed by atoms with Crippen molar-refractivity contribution < 1.29 is 4.79 Å². The van der Waals surface area contributed by atoms with E-state index in [0.29, 0.717) is 12.6 Å². The zero-order chi connectivity index (χ0) is 21.5. The van der Waals surface area contributed by atoms with Gasteiger partial charge in [-0.1, -0.05) is 68.3 Å². The lowest BCUT2D eigenvalue weighted by Gasteiger charge is -2.25. The Labute approximate surface area is 184 Å². The molecular weight excluding hydrogens is 394 g/mol. The molecule has 3 rings (SSSR count). The van der Waals surface area contributed by atoms with E-state index in [2.05, 4.69) is 70.3 Å². The molecule has 1 N–H and O–H groups in total. The Bertz CT molecular complexity index is 801. The SMILES string of the molecule is CC[C@@H](c1nnc(S[C@H](C)C(=O)NC2CCCCC2)n1Cc1ccccc1)N(C)C. The first-order valence-corrected chi connectivity index (χ1v) is 12.0. The van der Waals surface area contributed by atoms with Gasteiger partial charge in [-0.05, 0) is 45.8 Å². The van der Waals surface area contributed by atoms with Crippen molar-refractivity contribution in [1.82, 2.24) is 25.0 Å². The van der Waals surface area contributed by atoms with Gasteiger partial charge in [0.15, 0.2) is 11.0 Å². The highest BCUT2D eigenvalue weighted by Gasteiger charge is 2.26. The number of nitrogens with one attached hydrogen (secondary N) is 1. The first-order chi connectivity index (χ1) is 14.5. The molecule has 1 aliphatic carbocycles. The number of rotatable bonds is 9. The molecule has 30 heavy (non-hydrogen) atoms. The molecule has 1 saturated carbocycles. The average molecular weight is 430 g/mol. The second kappa shape index (κ2) is 11.0. The van der Waals surface area contributed by atoms with E-state index >= 15 is 0 Å². The third kappa shape index (κ3) is 5.85. The number of benzene rings is 1. The van der Waals surface area contributed by atoms with Crippen molar-refractivity contribution >= 4 is 17.7 Å². The van der Waals surface area contributed by atoms with E-state index in [9.17, 15) is 4.79 Å². The summed E-state index contributed by atoms with van der Waals surface area (Å²) in [6, 6.07) is 10.9. The fourth-order valence-electron chi connectivity index (χ4n) is 4.10. The second-order valence-corrected chi connectivity index (χ2v) is 9.71. The van der Waals surface area contributed by atoms with E-state index in [1.165, 1.54) is 36.6 Å². The van der Waals surface area contributed by atoms with E-state index < -0.39 is 0 Å². The number of hydrogen-bond donors (Lipinski definition) is 1. The van der Waals surface area contributed by atoms with Crippen LogP contribution in [0.4, 0.5) is 0 Å². The van der Waals surface area contributed by atoms with Crippen molar-refractivity contribution in [3.05, 3.63) is 41.7 Å². The van der Waals surface area contributed by atoms with E-state index in [1.54, 1.807) is 0 Å². The summed E-state index contributed by atoms with van der Waals surface area (Å²) in [6.45, 7) is 4.83. The number of carbonyl (C=O) groups excluding carboxylic acids is 1. The van der Waals surface area contributed by atoms with Gasteiger partial charge in [-0.2, -0.15) is 0 Å². The molecule has 1 aromatic heterocycles. The van der Waals surface area contributed by atoms with Gasteiger partial charge in [-0.3, -0.25) is 9.69 Å². The van der Waals surface area contributed by atoms with Gasteiger partial charge in [0.05, 0.1) is 17.8 Å². The fourth-order valence-corrected chi connectivity index (χ4v) is 4.97. The normalized spacial score (nSPS) is 17.1. The molecule has 2 atom stereocenters. The summed E-state index contributed by atoms with van der Waals surface area (Å²) < 4.78 is 2.18. The van der Waals surface area contributed by atoms with Crippen LogP contribution in [0, 0.1) is 0 Å². The van der Waals surface area contributed by atoms with Crippen molar-refractivity contribution in [2.24, 2.45) is 0 Å². The minimum Gasteiger partial charge on any atom is -0.352 e. The third-order valence-corrected chi connectivity index (χ3v) is 6.92. The van der Waals surface area contributed by atoms with Crippen LogP contribution < -0.4 is 5.32 Å². The quantitative estimate of drug-likeness (QED) is 0.603. The molecule has 1 aliphatic rings.